The van der Waals surface area contributed by atoms with Gasteiger partial charge in [0, 0.05) is 5.56 Å². The number of hydrogen-bond donors (Lipinski definition) is 1. The van der Waals surface area contributed by atoms with Gasteiger partial charge in [0.1, 0.15) is 18.0 Å². The molecule has 0 aliphatic rings. The van der Waals surface area contributed by atoms with E-state index in [9.17, 15) is 13.2 Å². The van der Waals surface area contributed by atoms with Gasteiger partial charge >= 0.3 is 0 Å². The van der Waals surface area contributed by atoms with E-state index >= 15 is 0 Å². The number of para-hydroxylation sites is 1. The van der Waals surface area contributed by atoms with Gasteiger partial charge in [0.05, 0.1) is 36.0 Å². The third kappa shape index (κ3) is 5.82. The van der Waals surface area contributed by atoms with E-state index in [0.717, 1.165) is 4.31 Å². The molecule has 0 radical (unpaired) electrons. The molecule has 0 aliphatic carbocycles. The fourth-order valence-electron chi connectivity index (χ4n) is 2.96. The smallest absolute Gasteiger partial charge is 0.264 e. The first-order valence-corrected chi connectivity index (χ1v) is 11.5. The summed E-state index contributed by atoms with van der Waals surface area (Å²) in [4.78, 5) is 12.7. The zero-order valence-corrected chi connectivity index (χ0v) is 19.5. The van der Waals surface area contributed by atoms with Gasteiger partial charge in [-0.25, -0.2) is 13.8 Å². The molecule has 33 heavy (non-hydrogen) atoms. The Morgan fingerprint density at radius 3 is 2.33 bits per heavy atom. The van der Waals surface area contributed by atoms with Crippen molar-refractivity contribution in [1.82, 2.24) is 5.43 Å². The molecule has 0 heterocycles. The van der Waals surface area contributed by atoms with Gasteiger partial charge in [-0.15, -0.1) is 0 Å². The number of nitrogens with one attached hydrogen (secondary N) is 1. The molecule has 3 aromatic rings. The highest BCUT2D eigenvalue weighted by atomic mass is 35.5. The molecule has 1 N–H and O–H groups in total. The van der Waals surface area contributed by atoms with Gasteiger partial charge in [-0.3, -0.25) is 9.10 Å². The second kappa shape index (κ2) is 10.8. The number of methoxy groups -OCH3 is 2. The Hall–Kier alpha value is -3.56. The molecule has 0 atom stereocenters. The summed E-state index contributed by atoms with van der Waals surface area (Å²) in [5.41, 5.74) is 3.21. The first kappa shape index (κ1) is 24.1. The van der Waals surface area contributed by atoms with Crippen molar-refractivity contribution in [1.29, 1.82) is 0 Å². The molecule has 10 heteroatoms. The van der Waals surface area contributed by atoms with Gasteiger partial charge in [0.25, 0.3) is 15.9 Å². The van der Waals surface area contributed by atoms with Gasteiger partial charge in [-0.2, -0.15) is 5.10 Å². The van der Waals surface area contributed by atoms with Gasteiger partial charge in [0.2, 0.25) is 0 Å². The summed E-state index contributed by atoms with van der Waals surface area (Å²) in [6, 6.07) is 19.4. The predicted octanol–water partition coefficient (Wildman–Crippen LogP) is 3.70. The van der Waals surface area contributed by atoms with Crippen molar-refractivity contribution < 1.29 is 22.7 Å². The van der Waals surface area contributed by atoms with E-state index in [4.69, 9.17) is 21.1 Å². The fraction of sp³-hybridized carbons (Fsp3) is 0.130. The first-order valence-electron chi connectivity index (χ1n) is 9.73. The molecule has 172 valence electrons. The second-order valence-electron chi connectivity index (χ2n) is 6.68. The summed E-state index contributed by atoms with van der Waals surface area (Å²) >= 11 is 6.20. The number of hydrazone groups is 1. The number of sulfonamides is 1. The molecule has 8 nitrogen and oxygen atoms in total. The van der Waals surface area contributed by atoms with Crippen LogP contribution in [-0.4, -0.2) is 41.3 Å². The molecule has 0 unspecified atom stereocenters. The van der Waals surface area contributed by atoms with Crippen molar-refractivity contribution in [3.8, 4) is 11.5 Å². The van der Waals surface area contributed by atoms with Crippen LogP contribution in [0.2, 0.25) is 5.02 Å². The van der Waals surface area contributed by atoms with Crippen LogP contribution in [0.4, 0.5) is 5.69 Å². The van der Waals surface area contributed by atoms with Crippen molar-refractivity contribution in [2.45, 2.75) is 4.90 Å². The quantitative estimate of drug-likeness (QED) is 0.366. The van der Waals surface area contributed by atoms with Gasteiger partial charge < -0.3 is 9.47 Å². The van der Waals surface area contributed by atoms with Crippen LogP contribution < -0.4 is 19.2 Å². The van der Waals surface area contributed by atoms with E-state index in [1.54, 1.807) is 42.5 Å². The molecule has 3 rings (SSSR count). The number of benzene rings is 3. The highest BCUT2D eigenvalue weighted by molar-refractivity contribution is 7.92. The van der Waals surface area contributed by atoms with Crippen molar-refractivity contribution in [3.05, 3.63) is 83.4 Å². The number of carbonyl (C=O) groups excluding carboxylic acids is 1. The molecule has 0 saturated heterocycles. The second-order valence-corrected chi connectivity index (χ2v) is 8.95. The Labute approximate surface area is 197 Å². The molecule has 0 aromatic heterocycles. The minimum atomic E-state index is -4.07. The highest BCUT2D eigenvalue weighted by Gasteiger charge is 2.27. The zero-order valence-electron chi connectivity index (χ0n) is 17.9. The van der Waals surface area contributed by atoms with E-state index in [0.29, 0.717) is 17.1 Å². The van der Waals surface area contributed by atoms with Crippen molar-refractivity contribution in [2.75, 3.05) is 25.1 Å². The normalized spacial score (nSPS) is 11.2. The van der Waals surface area contributed by atoms with Gasteiger partial charge in [-0.1, -0.05) is 41.9 Å². The Kier molecular flexibility index (Phi) is 7.92. The first-order chi connectivity index (χ1) is 15.9. The molecule has 0 bridgehead atoms. The minimum absolute atomic E-state index is 0.0299. The van der Waals surface area contributed by atoms with Crippen LogP contribution in [0, 0.1) is 0 Å². The molecule has 0 saturated carbocycles. The minimum Gasteiger partial charge on any atom is -0.496 e. The van der Waals surface area contributed by atoms with E-state index in [1.807, 2.05) is 0 Å². The molecule has 0 aliphatic heterocycles. The zero-order chi connectivity index (χ0) is 23.8. The number of hydrogen-bond acceptors (Lipinski definition) is 6. The summed E-state index contributed by atoms with van der Waals surface area (Å²) < 4.78 is 38.0. The van der Waals surface area contributed by atoms with E-state index in [1.165, 1.54) is 50.8 Å². The maximum Gasteiger partial charge on any atom is 0.264 e. The largest absolute Gasteiger partial charge is 0.496 e. The van der Waals surface area contributed by atoms with E-state index in [-0.39, 0.29) is 15.6 Å². The summed E-state index contributed by atoms with van der Waals surface area (Å²) in [6.45, 7) is -0.525. The highest BCUT2D eigenvalue weighted by Crippen LogP contribution is 2.31. The Bertz CT molecular complexity index is 1250. The van der Waals surface area contributed by atoms with Crippen LogP contribution in [0.5, 0.6) is 11.5 Å². The van der Waals surface area contributed by atoms with Crippen LogP contribution in [0.25, 0.3) is 0 Å². The molecule has 0 fully saturated rings. The Morgan fingerprint density at radius 2 is 1.67 bits per heavy atom. The lowest BCUT2D eigenvalue weighted by molar-refractivity contribution is -0.119. The third-order valence-electron chi connectivity index (χ3n) is 4.57. The lowest BCUT2D eigenvalue weighted by Gasteiger charge is -2.24. The predicted molar refractivity (Wildman–Crippen MR) is 128 cm³/mol. The third-order valence-corrected chi connectivity index (χ3v) is 6.66. The topological polar surface area (TPSA) is 97.3 Å². The summed E-state index contributed by atoms with van der Waals surface area (Å²) in [5, 5.41) is 4.13. The number of amides is 1. The van der Waals surface area contributed by atoms with Crippen LogP contribution >= 0.6 is 11.6 Å². The van der Waals surface area contributed by atoms with Crippen LogP contribution in [0.3, 0.4) is 0 Å². The SMILES string of the molecule is COc1ccc(N(CC(=O)N/N=C\c2ccccc2OC)S(=O)(=O)c2ccccc2)cc1Cl. The summed E-state index contributed by atoms with van der Waals surface area (Å²) in [5.74, 6) is 0.313. The standard InChI is InChI=1S/C23H22ClN3O5S/c1-31-21-11-7-6-8-17(21)15-25-26-23(28)16-27(18-12-13-22(32-2)20(24)14-18)33(29,30)19-9-4-3-5-10-19/h3-15H,16H2,1-2H3,(H,26,28)/b25-15-. The lowest BCUT2D eigenvalue weighted by atomic mass is 10.2. The van der Waals surface area contributed by atoms with E-state index in [2.05, 4.69) is 10.5 Å². The fourth-order valence-corrected chi connectivity index (χ4v) is 4.64. The Morgan fingerprint density at radius 1 is 1.00 bits per heavy atom. The molecule has 3 aromatic carbocycles. The molecular formula is C23H22ClN3O5S. The average Bonchev–Trinajstić information content (AvgIpc) is 2.83. The lowest BCUT2D eigenvalue weighted by Crippen LogP contribution is -2.39. The van der Waals surface area contributed by atoms with Crippen molar-refractivity contribution in [3.63, 3.8) is 0 Å². The summed E-state index contributed by atoms with van der Waals surface area (Å²) in [6.07, 6.45) is 1.41. The summed E-state index contributed by atoms with van der Waals surface area (Å²) in [7, 11) is -1.10. The Balaban J connectivity index is 1.87. The van der Waals surface area contributed by atoms with Gasteiger partial charge in [-0.05, 0) is 42.5 Å². The van der Waals surface area contributed by atoms with Crippen LogP contribution in [0.15, 0.2) is 82.8 Å². The maximum absolute atomic E-state index is 13.3. The monoisotopic (exact) mass is 487 g/mol. The average molecular weight is 488 g/mol. The van der Waals surface area contributed by atoms with Crippen molar-refractivity contribution in [2.24, 2.45) is 5.10 Å². The van der Waals surface area contributed by atoms with Crippen LogP contribution in [-0.2, 0) is 14.8 Å². The van der Waals surface area contributed by atoms with Crippen molar-refractivity contribution >= 4 is 39.4 Å². The maximum atomic E-state index is 13.3. The van der Waals surface area contributed by atoms with Crippen LogP contribution in [0.1, 0.15) is 5.56 Å². The number of anilines is 1. The number of halogens is 1. The number of rotatable bonds is 9. The van der Waals surface area contributed by atoms with E-state index < -0.39 is 22.5 Å². The number of carbonyl (C=O) groups is 1. The van der Waals surface area contributed by atoms with Gasteiger partial charge in [0.15, 0.2) is 0 Å². The molecular weight excluding hydrogens is 466 g/mol. The molecule has 0 spiro atoms. The number of nitrogens with zero attached hydrogens (tertiary/aromatic N) is 2. The molecule has 1 amide bonds. The number of ether oxygens (including phenoxy) is 2.